The Bertz CT molecular complexity index is 1070. The van der Waals surface area contributed by atoms with E-state index < -0.39 is 5.97 Å². The van der Waals surface area contributed by atoms with Gasteiger partial charge in [-0.2, -0.15) is 0 Å². The average molecular weight is 316 g/mol. The van der Waals surface area contributed by atoms with Gasteiger partial charge in [-0.3, -0.25) is 14.8 Å². The molecule has 116 valence electrons. The van der Waals surface area contributed by atoms with Crippen LogP contribution in [0.5, 0.6) is 0 Å². The smallest absolute Gasteiger partial charge is 0.337 e. The maximum Gasteiger partial charge on any atom is 0.337 e. The first-order valence-electron chi connectivity index (χ1n) is 7.37. The van der Waals surface area contributed by atoms with E-state index in [0.29, 0.717) is 16.7 Å². The van der Waals surface area contributed by atoms with Gasteiger partial charge >= 0.3 is 5.97 Å². The highest BCUT2D eigenvalue weighted by Crippen LogP contribution is 2.34. The first-order valence-corrected chi connectivity index (χ1v) is 7.37. The third kappa shape index (κ3) is 1.85. The summed E-state index contributed by atoms with van der Waals surface area (Å²) in [6.45, 7) is 0. The molecule has 0 atom stereocenters. The van der Waals surface area contributed by atoms with Gasteiger partial charge in [0.1, 0.15) is 5.84 Å². The predicted octanol–water partition coefficient (Wildman–Crippen LogP) is 3.07. The van der Waals surface area contributed by atoms with E-state index in [4.69, 9.17) is 5.41 Å². The Labute approximate surface area is 137 Å². The van der Waals surface area contributed by atoms with Crippen molar-refractivity contribution in [3.8, 4) is 22.4 Å². The second kappa shape index (κ2) is 5.03. The van der Waals surface area contributed by atoms with Gasteiger partial charge in [0.2, 0.25) is 0 Å². The molecule has 1 aliphatic heterocycles. The molecule has 5 heteroatoms. The van der Waals surface area contributed by atoms with Crippen LogP contribution in [0.15, 0.2) is 65.5 Å². The topological polar surface area (TPSA) is 83.2 Å². The molecule has 0 radical (unpaired) electrons. The molecule has 0 saturated heterocycles. The lowest BCUT2D eigenvalue weighted by atomic mass is 10.00. The van der Waals surface area contributed by atoms with Crippen LogP contribution in [-0.4, -0.2) is 21.5 Å². The molecule has 0 spiro atoms. The van der Waals surface area contributed by atoms with Gasteiger partial charge in [-0.15, -0.1) is 0 Å². The molecule has 24 heavy (non-hydrogen) atoms. The van der Waals surface area contributed by atoms with Crippen molar-refractivity contribution < 1.29 is 9.90 Å². The number of hydrogen-bond donors (Lipinski definition) is 2. The van der Waals surface area contributed by atoms with Crippen molar-refractivity contribution in [2.24, 2.45) is 0 Å². The molecule has 1 aliphatic rings. The Kier molecular flexibility index (Phi) is 2.96. The van der Waals surface area contributed by atoms with Crippen molar-refractivity contribution in [3.05, 3.63) is 82.1 Å². The number of aromatic nitrogens is 1. The van der Waals surface area contributed by atoms with E-state index in [9.17, 15) is 14.7 Å². The molecule has 0 amide bonds. The van der Waals surface area contributed by atoms with Gasteiger partial charge in [0.15, 0.2) is 0 Å². The number of carboxylic acids is 1. The monoisotopic (exact) mass is 316 g/mol. The number of rotatable bonds is 2. The fourth-order valence-electron chi connectivity index (χ4n) is 3.10. The second-order valence-electron chi connectivity index (χ2n) is 5.53. The summed E-state index contributed by atoms with van der Waals surface area (Å²) in [7, 11) is 0. The average Bonchev–Trinajstić information content (AvgIpc) is 2.90. The van der Waals surface area contributed by atoms with E-state index in [0.717, 1.165) is 0 Å². The maximum absolute atomic E-state index is 12.9. The number of pyridine rings is 1. The summed E-state index contributed by atoms with van der Waals surface area (Å²) < 4.78 is 1.19. The maximum atomic E-state index is 12.9. The number of aromatic carboxylic acids is 1. The minimum absolute atomic E-state index is 0.00545. The van der Waals surface area contributed by atoms with E-state index in [2.05, 4.69) is 0 Å². The largest absolute Gasteiger partial charge is 0.478 e. The lowest BCUT2D eigenvalue weighted by molar-refractivity contribution is 0.0697. The highest BCUT2D eigenvalue weighted by Gasteiger charge is 2.30. The molecule has 4 rings (SSSR count). The molecule has 1 aromatic heterocycles. The second-order valence-corrected chi connectivity index (χ2v) is 5.53. The van der Waals surface area contributed by atoms with E-state index in [1.54, 1.807) is 48.5 Å². The van der Waals surface area contributed by atoms with Gasteiger partial charge in [-0.05, 0) is 11.6 Å². The zero-order valence-electron chi connectivity index (χ0n) is 12.5. The van der Waals surface area contributed by atoms with Crippen LogP contribution in [0.2, 0.25) is 0 Å². The molecule has 2 heterocycles. The number of nitrogens with one attached hydrogen (secondary N) is 1. The van der Waals surface area contributed by atoms with E-state index in [1.807, 2.05) is 6.07 Å². The van der Waals surface area contributed by atoms with Gasteiger partial charge in [-0.25, -0.2) is 4.79 Å². The molecule has 0 fully saturated rings. The summed E-state index contributed by atoms with van der Waals surface area (Å²) in [6, 6.07) is 17.3. The minimum atomic E-state index is -1.12. The molecule has 2 aromatic carbocycles. The predicted molar refractivity (Wildman–Crippen MR) is 90.8 cm³/mol. The zero-order chi connectivity index (χ0) is 16.8. The molecule has 0 saturated carbocycles. The highest BCUT2D eigenvalue weighted by atomic mass is 16.4. The van der Waals surface area contributed by atoms with Crippen molar-refractivity contribution in [3.63, 3.8) is 0 Å². The third-order valence-corrected chi connectivity index (χ3v) is 4.18. The molecule has 0 bridgehead atoms. The van der Waals surface area contributed by atoms with E-state index in [1.165, 1.54) is 10.6 Å². The molecule has 3 aromatic rings. The summed E-state index contributed by atoms with van der Waals surface area (Å²) in [4.78, 5) is 24.7. The number of benzene rings is 2. The number of hydrogen-bond acceptors (Lipinski definition) is 3. The summed E-state index contributed by atoms with van der Waals surface area (Å²) in [5, 5.41) is 18.0. The summed E-state index contributed by atoms with van der Waals surface area (Å²) in [6.07, 6.45) is 0. The van der Waals surface area contributed by atoms with Crippen LogP contribution in [0.4, 0.5) is 0 Å². The normalized spacial score (nSPS) is 11.9. The van der Waals surface area contributed by atoms with Gasteiger partial charge < -0.3 is 5.11 Å². The molecular weight excluding hydrogens is 304 g/mol. The summed E-state index contributed by atoms with van der Waals surface area (Å²) in [5.41, 5.74) is 1.95. The fourth-order valence-corrected chi connectivity index (χ4v) is 3.10. The van der Waals surface area contributed by atoms with Crippen LogP contribution in [0.3, 0.4) is 0 Å². The van der Waals surface area contributed by atoms with Crippen LogP contribution in [-0.2, 0) is 0 Å². The Morgan fingerprint density at radius 1 is 0.917 bits per heavy atom. The van der Waals surface area contributed by atoms with Crippen molar-refractivity contribution >= 4 is 11.8 Å². The number of carboxylic acid groups (broad SMARTS) is 1. The summed E-state index contributed by atoms with van der Waals surface area (Å²) >= 11 is 0. The molecule has 0 aliphatic carbocycles. The standard InChI is InChI=1S/C19H12N2O3/c20-17-13-9-5-4-8-12(13)16-15(19(23)24)10-14(18(22)21(16)17)11-6-2-1-3-7-11/h1-10,20H,(H,23,24). The molecule has 2 N–H and O–H groups in total. The molecular formula is C19H12N2O3. The van der Waals surface area contributed by atoms with Crippen LogP contribution in [0.25, 0.3) is 22.4 Å². The van der Waals surface area contributed by atoms with Gasteiger partial charge in [0, 0.05) is 16.7 Å². The number of nitrogens with zero attached hydrogens (tertiary/aromatic N) is 1. The van der Waals surface area contributed by atoms with Crippen LogP contribution in [0.1, 0.15) is 15.9 Å². The SMILES string of the molecule is N=C1c2ccccc2-c2c(C(=O)O)cc(-c3ccccc3)c(=O)n21. The first kappa shape index (κ1) is 14.1. The number of fused-ring (bicyclic) bond motifs is 3. The number of carbonyl (C=O) groups is 1. The Morgan fingerprint density at radius 3 is 2.21 bits per heavy atom. The lowest BCUT2D eigenvalue weighted by Gasteiger charge is -2.11. The minimum Gasteiger partial charge on any atom is -0.478 e. The van der Waals surface area contributed by atoms with Crippen LogP contribution < -0.4 is 5.56 Å². The third-order valence-electron chi connectivity index (χ3n) is 4.18. The van der Waals surface area contributed by atoms with Crippen molar-refractivity contribution in [2.75, 3.05) is 0 Å². The van der Waals surface area contributed by atoms with E-state index >= 15 is 0 Å². The van der Waals surface area contributed by atoms with Crippen molar-refractivity contribution in [1.82, 2.24) is 4.57 Å². The van der Waals surface area contributed by atoms with Crippen LogP contribution in [0, 0.1) is 5.41 Å². The van der Waals surface area contributed by atoms with Gasteiger partial charge in [-0.1, -0.05) is 54.6 Å². The van der Waals surface area contributed by atoms with Crippen molar-refractivity contribution in [1.29, 1.82) is 5.41 Å². The quantitative estimate of drug-likeness (QED) is 0.596. The lowest BCUT2D eigenvalue weighted by Crippen LogP contribution is -2.27. The highest BCUT2D eigenvalue weighted by molar-refractivity contribution is 6.14. The van der Waals surface area contributed by atoms with Crippen LogP contribution >= 0.6 is 0 Å². The van der Waals surface area contributed by atoms with Gasteiger partial charge in [0.25, 0.3) is 5.56 Å². The molecule has 0 unspecified atom stereocenters. The van der Waals surface area contributed by atoms with Gasteiger partial charge in [0.05, 0.1) is 11.3 Å². The van der Waals surface area contributed by atoms with E-state index in [-0.39, 0.29) is 28.2 Å². The fraction of sp³-hybridized carbons (Fsp3) is 0. The van der Waals surface area contributed by atoms with Crippen molar-refractivity contribution in [2.45, 2.75) is 0 Å². The zero-order valence-corrected chi connectivity index (χ0v) is 12.5. The Morgan fingerprint density at radius 2 is 1.54 bits per heavy atom. The molecule has 5 nitrogen and oxygen atoms in total. The summed E-state index contributed by atoms with van der Waals surface area (Å²) in [5.74, 6) is -1.12. The Hall–Kier alpha value is -3.47. The first-order chi connectivity index (χ1) is 11.6. The Balaban J connectivity index is 2.13.